The van der Waals surface area contributed by atoms with Crippen LogP contribution in [0.3, 0.4) is 0 Å². The molecule has 0 bridgehead atoms. The molecule has 4 N–H and O–H groups in total. The summed E-state index contributed by atoms with van der Waals surface area (Å²) in [5.41, 5.74) is 4.93. The lowest BCUT2D eigenvalue weighted by Crippen LogP contribution is -2.17. The van der Waals surface area contributed by atoms with Crippen LogP contribution in [0.4, 0.5) is 10.1 Å². The third-order valence-corrected chi connectivity index (χ3v) is 4.99. The van der Waals surface area contributed by atoms with Gasteiger partial charge < -0.3 is 10.8 Å². The van der Waals surface area contributed by atoms with E-state index in [4.69, 9.17) is 10.8 Å². The Balaban J connectivity index is 2.51. The van der Waals surface area contributed by atoms with E-state index < -0.39 is 27.7 Å². The van der Waals surface area contributed by atoms with E-state index in [0.717, 1.165) is 18.2 Å². The molecule has 0 aliphatic rings. The van der Waals surface area contributed by atoms with Gasteiger partial charge in [0.15, 0.2) is 0 Å². The van der Waals surface area contributed by atoms with Crippen LogP contribution in [-0.2, 0) is 10.0 Å². The first-order valence-corrected chi connectivity index (χ1v) is 8.48. The molecular formula is C16H15FN2O5S. The van der Waals surface area contributed by atoms with Crippen molar-refractivity contribution in [2.24, 2.45) is 5.73 Å². The number of hydrogen-bond donors (Lipinski definition) is 3. The topological polar surface area (TPSA) is 127 Å². The molecule has 7 nitrogen and oxygen atoms in total. The number of aryl methyl sites for hydroxylation is 1. The minimum atomic E-state index is -4.20. The summed E-state index contributed by atoms with van der Waals surface area (Å²) >= 11 is 0. The Morgan fingerprint density at radius 3 is 2.36 bits per heavy atom. The van der Waals surface area contributed by atoms with Crippen LogP contribution in [0, 0.1) is 19.7 Å². The molecule has 0 saturated heterocycles. The number of carboxylic acid groups (broad SMARTS) is 1. The van der Waals surface area contributed by atoms with Crippen molar-refractivity contribution in [1.29, 1.82) is 0 Å². The standard InChI is InChI=1S/C16H15FN2O5S/c1-8-3-4-11(7-12(8)16(21)22)25(23,24)19-14-6-10(15(18)20)5-13(17)9(14)2/h3-7,19H,1-2H3,(H2,18,20)(H,21,22). The van der Waals surface area contributed by atoms with Crippen LogP contribution in [0.25, 0.3) is 0 Å². The quantitative estimate of drug-likeness (QED) is 0.746. The molecule has 0 radical (unpaired) electrons. The van der Waals surface area contributed by atoms with Crippen LogP contribution in [0.2, 0.25) is 0 Å². The summed E-state index contributed by atoms with van der Waals surface area (Å²) in [6.45, 7) is 2.86. The molecule has 0 aliphatic heterocycles. The highest BCUT2D eigenvalue weighted by molar-refractivity contribution is 7.92. The van der Waals surface area contributed by atoms with Gasteiger partial charge in [-0.15, -0.1) is 0 Å². The molecule has 0 aromatic heterocycles. The Morgan fingerprint density at radius 1 is 1.16 bits per heavy atom. The van der Waals surface area contributed by atoms with Crippen molar-refractivity contribution in [2.45, 2.75) is 18.7 Å². The van der Waals surface area contributed by atoms with Crippen molar-refractivity contribution >= 4 is 27.6 Å². The van der Waals surface area contributed by atoms with Gasteiger partial charge in [0.1, 0.15) is 5.82 Å². The fourth-order valence-corrected chi connectivity index (χ4v) is 3.27. The number of hydrogen-bond acceptors (Lipinski definition) is 4. The molecule has 2 aromatic carbocycles. The van der Waals surface area contributed by atoms with Gasteiger partial charge in [0.25, 0.3) is 10.0 Å². The summed E-state index contributed by atoms with van der Waals surface area (Å²) in [6, 6.07) is 5.61. The van der Waals surface area contributed by atoms with Gasteiger partial charge >= 0.3 is 5.97 Å². The van der Waals surface area contributed by atoms with Crippen molar-refractivity contribution in [3.63, 3.8) is 0 Å². The zero-order valence-electron chi connectivity index (χ0n) is 13.3. The number of primary amides is 1. The second-order valence-corrected chi connectivity index (χ2v) is 7.06. The van der Waals surface area contributed by atoms with Crippen LogP contribution in [0.15, 0.2) is 35.2 Å². The molecule has 0 aliphatic carbocycles. The summed E-state index contributed by atoms with van der Waals surface area (Å²) < 4.78 is 41.0. The van der Waals surface area contributed by atoms with Gasteiger partial charge in [-0.2, -0.15) is 0 Å². The second-order valence-electron chi connectivity index (χ2n) is 5.38. The van der Waals surface area contributed by atoms with Crippen LogP contribution < -0.4 is 10.5 Å². The molecule has 2 rings (SSSR count). The normalized spacial score (nSPS) is 11.2. The number of rotatable bonds is 5. The maximum Gasteiger partial charge on any atom is 0.335 e. The van der Waals surface area contributed by atoms with Gasteiger partial charge in [0.2, 0.25) is 5.91 Å². The first-order valence-electron chi connectivity index (χ1n) is 6.99. The summed E-state index contributed by atoms with van der Waals surface area (Å²) in [5.74, 6) is -2.99. The van der Waals surface area contributed by atoms with Gasteiger partial charge in [0.05, 0.1) is 16.1 Å². The van der Waals surface area contributed by atoms with Gasteiger partial charge in [-0.3, -0.25) is 9.52 Å². The molecule has 25 heavy (non-hydrogen) atoms. The lowest BCUT2D eigenvalue weighted by Gasteiger charge is -2.13. The molecule has 0 atom stereocenters. The van der Waals surface area contributed by atoms with E-state index in [0.29, 0.717) is 5.56 Å². The zero-order valence-corrected chi connectivity index (χ0v) is 14.1. The third kappa shape index (κ3) is 3.77. The molecule has 132 valence electrons. The van der Waals surface area contributed by atoms with Crippen molar-refractivity contribution in [2.75, 3.05) is 4.72 Å². The average molecular weight is 366 g/mol. The van der Waals surface area contributed by atoms with Crippen molar-refractivity contribution in [3.8, 4) is 0 Å². The van der Waals surface area contributed by atoms with E-state index in [9.17, 15) is 22.4 Å². The number of amides is 1. The lowest BCUT2D eigenvalue weighted by atomic mass is 10.1. The third-order valence-electron chi connectivity index (χ3n) is 3.62. The minimum Gasteiger partial charge on any atom is -0.478 e. The Bertz CT molecular complexity index is 986. The highest BCUT2D eigenvalue weighted by Gasteiger charge is 2.20. The van der Waals surface area contributed by atoms with Crippen LogP contribution in [-0.4, -0.2) is 25.4 Å². The molecule has 0 saturated carbocycles. The van der Waals surface area contributed by atoms with E-state index >= 15 is 0 Å². The molecule has 1 amide bonds. The zero-order chi connectivity index (χ0) is 18.9. The molecule has 0 fully saturated rings. The van der Waals surface area contributed by atoms with Gasteiger partial charge in [-0.05, 0) is 43.7 Å². The van der Waals surface area contributed by atoms with Crippen LogP contribution >= 0.6 is 0 Å². The van der Waals surface area contributed by atoms with Crippen molar-refractivity contribution in [3.05, 3.63) is 58.4 Å². The van der Waals surface area contributed by atoms with Crippen LogP contribution in [0.5, 0.6) is 0 Å². The first kappa shape index (κ1) is 18.4. The molecular weight excluding hydrogens is 351 g/mol. The SMILES string of the molecule is Cc1ccc(S(=O)(=O)Nc2cc(C(N)=O)cc(F)c2C)cc1C(=O)O. The maximum atomic E-state index is 13.9. The Labute approximate surface area is 143 Å². The highest BCUT2D eigenvalue weighted by Crippen LogP contribution is 2.25. The number of benzene rings is 2. The van der Waals surface area contributed by atoms with E-state index in [2.05, 4.69) is 4.72 Å². The number of nitrogens with two attached hydrogens (primary N) is 1. The Hall–Kier alpha value is -2.94. The molecule has 2 aromatic rings. The fourth-order valence-electron chi connectivity index (χ4n) is 2.13. The number of sulfonamides is 1. The van der Waals surface area contributed by atoms with E-state index in [1.165, 1.54) is 26.0 Å². The molecule has 0 heterocycles. The molecule has 0 unspecified atom stereocenters. The van der Waals surface area contributed by atoms with Gasteiger partial charge in [-0.25, -0.2) is 17.6 Å². The predicted octanol–water partition coefficient (Wildman–Crippen LogP) is 2.04. The van der Waals surface area contributed by atoms with Gasteiger partial charge in [0, 0.05) is 11.1 Å². The average Bonchev–Trinajstić information content (AvgIpc) is 2.51. The number of carboxylic acids is 1. The smallest absolute Gasteiger partial charge is 0.335 e. The minimum absolute atomic E-state index is 0.0286. The first-order chi connectivity index (χ1) is 11.5. The van der Waals surface area contributed by atoms with Crippen molar-refractivity contribution in [1.82, 2.24) is 0 Å². The summed E-state index contributed by atoms with van der Waals surface area (Å²) in [7, 11) is -4.20. The Morgan fingerprint density at radius 2 is 1.80 bits per heavy atom. The van der Waals surface area contributed by atoms with Crippen molar-refractivity contribution < 1.29 is 27.5 Å². The van der Waals surface area contributed by atoms with E-state index in [1.807, 2.05) is 0 Å². The number of carbonyl (C=O) groups is 2. The van der Waals surface area contributed by atoms with E-state index in [1.54, 1.807) is 0 Å². The predicted molar refractivity (Wildman–Crippen MR) is 88.6 cm³/mol. The number of aromatic carboxylic acids is 1. The highest BCUT2D eigenvalue weighted by atomic mass is 32.2. The number of carbonyl (C=O) groups excluding carboxylic acids is 1. The fraction of sp³-hybridized carbons (Fsp3) is 0.125. The summed E-state index contributed by atoms with van der Waals surface area (Å²) in [4.78, 5) is 22.1. The monoisotopic (exact) mass is 366 g/mol. The molecule has 0 spiro atoms. The number of halogens is 1. The maximum absolute atomic E-state index is 13.9. The van der Waals surface area contributed by atoms with Crippen LogP contribution in [0.1, 0.15) is 31.8 Å². The number of anilines is 1. The Kier molecular flexibility index (Phi) is 4.80. The number of nitrogens with one attached hydrogen (secondary N) is 1. The second kappa shape index (κ2) is 6.52. The van der Waals surface area contributed by atoms with E-state index in [-0.39, 0.29) is 27.3 Å². The van der Waals surface area contributed by atoms with Gasteiger partial charge in [-0.1, -0.05) is 6.07 Å². The summed E-state index contributed by atoms with van der Waals surface area (Å²) in [6.07, 6.45) is 0. The molecule has 9 heteroatoms. The summed E-state index contributed by atoms with van der Waals surface area (Å²) in [5, 5.41) is 9.11. The largest absolute Gasteiger partial charge is 0.478 e. The lowest BCUT2D eigenvalue weighted by molar-refractivity contribution is 0.0695.